The maximum atomic E-state index is 5.34. The van der Waals surface area contributed by atoms with Crippen molar-refractivity contribution in [2.24, 2.45) is 5.41 Å². The lowest BCUT2D eigenvalue weighted by Gasteiger charge is -2.41. The molecule has 0 N–H and O–H groups in total. The zero-order valence-corrected chi connectivity index (χ0v) is 9.05. The first-order valence-electron chi connectivity index (χ1n) is 5.38. The molecule has 1 aromatic carbocycles. The summed E-state index contributed by atoms with van der Waals surface area (Å²) in [4.78, 5) is 0. The Labute approximate surface area is 86.1 Å². The quantitative estimate of drug-likeness (QED) is 0.712. The van der Waals surface area contributed by atoms with Crippen molar-refractivity contribution in [3.63, 3.8) is 0 Å². The first-order valence-corrected chi connectivity index (χ1v) is 5.38. The first kappa shape index (κ1) is 9.72. The molecule has 1 heterocycles. The molecule has 1 aromatic rings. The van der Waals surface area contributed by atoms with Crippen molar-refractivity contribution in [3.05, 3.63) is 35.4 Å². The minimum Gasteiger partial charge on any atom is -0.380 e. The Bertz CT molecular complexity index is 307. The summed E-state index contributed by atoms with van der Waals surface area (Å²) in [6.07, 6.45) is 2.40. The Morgan fingerprint density at radius 2 is 2.00 bits per heavy atom. The van der Waals surface area contributed by atoms with Crippen LogP contribution in [0.2, 0.25) is 0 Å². The van der Waals surface area contributed by atoms with Crippen LogP contribution >= 0.6 is 0 Å². The Morgan fingerprint density at radius 3 is 2.50 bits per heavy atom. The highest BCUT2D eigenvalue weighted by atomic mass is 16.5. The van der Waals surface area contributed by atoms with Gasteiger partial charge < -0.3 is 4.74 Å². The van der Waals surface area contributed by atoms with Gasteiger partial charge in [-0.25, -0.2) is 0 Å². The lowest BCUT2D eigenvalue weighted by atomic mass is 9.77. The molecular weight excluding hydrogens is 172 g/mol. The van der Waals surface area contributed by atoms with E-state index in [0.29, 0.717) is 5.41 Å². The lowest BCUT2D eigenvalue weighted by Crippen LogP contribution is -2.43. The Kier molecular flexibility index (Phi) is 2.60. The molecule has 0 unspecified atom stereocenters. The molecule has 1 nitrogen and oxygen atoms in total. The van der Waals surface area contributed by atoms with E-state index in [2.05, 4.69) is 38.1 Å². The third-order valence-electron chi connectivity index (χ3n) is 3.39. The van der Waals surface area contributed by atoms with Gasteiger partial charge in [-0.05, 0) is 30.9 Å². The molecular formula is C13H18O. The highest BCUT2D eigenvalue weighted by Gasteiger charge is 2.36. The average Bonchev–Trinajstić information content (AvgIpc) is 2.14. The van der Waals surface area contributed by atoms with Gasteiger partial charge in [0, 0.05) is 5.41 Å². The number of hydrogen-bond donors (Lipinski definition) is 0. The summed E-state index contributed by atoms with van der Waals surface area (Å²) in [7, 11) is 0. The molecule has 2 rings (SSSR count). The topological polar surface area (TPSA) is 9.23 Å². The van der Waals surface area contributed by atoms with Gasteiger partial charge >= 0.3 is 0 Å². The van der Waals surface area contributed by atoms with Crippen LogP contribution in [0, 0.1) is 12.3 Å². The summed E-state index contributed by atoms with van der Waals surface area (Å²) in [5, 5.41) is 0. The molecule has 0 aliphatic carbocycles. The molecule has 0 saturated carbocycles. The lowest BCUT2D eigenvalue weighted by molar-refractivity contribution is -0.114. The smallest absolute Gasteiger partial charge is 0.0547 e. The average molecular weight is 190 g/mol. The van der Waals surface area contributed by atoms with Crippen molar-refractivity contribution in [2.75, 3.05) is 13.2 Å². The van der Waals surface area contributed by atoms with Crippen LogP contribution in [-0.2, 0) is 11.2 Å². The van der Waals surface area contributed by atoms with E-state index in [1.165, 1.54) is 24.0 Å². The van der Waals surface area contributed by atoms with Crippen LogP contribution in [0.5, 0.6) is 0 Å². The monoisotopic (exact) mass is 190 g/mol. The van der Waals surface area contributed by atoms with Crippen molar-refractivity contribution >= 4 is 0 Å². The molecule has 1 fully saturated rings. The van der Waals surface area contributed by atoms with Crippen LogP contribution in [0.4, 0.5) is 0 Å². The number of benzene rings is 1. The second-order valence-electron chi connectivity index (χ2n) is 4.45. The van der Waals surface area contributed by atoms with Gasteiger partial charge in [0.25, 0.3) is 0 Å². The van der Waals surface area contributed by atoms with E-state index >= 15 is 0 Å². The SMILES string of the molecule is CCC1(Cc2ccccc2C)COC1. The maximum Gasteiger partial charge on any atom is 0.0547 e. The third kappa shape index (κ3) is 1.69. The van der Waals surface area contributed by atoms with Crippen molar-refractivity contribution in [1.29, 1.82) is 0 Å². The van der Waals surface area contributed by atoms with Gasteiger partial charge in [-0.3, -0.25) is 0 Å². The molecule has 76 valence electrons. The van der Waals surface area contributed by atoms with E-state index in [-0.39, 0.29) is 0 Å². The number of rotatable bonds is 3. The fourth-order valence-electron chi connectivity index (χ4n) is 2.03. The van der Waals surface area contributed by atoms with E-state index < -0.39 is 0 Å². The number of hydrogen-bond acceptors (Lipinski definition) is 1. The van der Waals surface area contributed by atoms with Gasteiger partial charge in [0.1, 0.15) is 0 Å². The van der Waals surface area contributed by atoms with Crippen LogP contribution in [-0.4, -0.2) is 13.2 Å². The summed E-state index contributed by atoms with van der Waals surface area (Å²) in [6, 6.07) is 8.67. The summed E-state index contributed by atoms with van der Waals surface area (Å²) in [5.74, 6) is 0. The van der Waals surface area contributed by atoms with Gasteiger partial charge in [0.2, 0.25) is 0 Å². The first-order chi connectivity index (χ1) is 6.76. The summed E-state index contributed by atoms with van der Waals surface area (Å²) < 4.78 is 5.34. The van der Waals surface area contributed by atoms with Gasteiger partial charge in [-0.15, -0.1) is 0 Å². The second-order valence-corrected chi connectivity index (χ2v) is 4.45. The molecule has 0 bridgehead atoms. The van der Waals surface area contributed by atoms with Gasteiger partial charge in [-0.1, -0.05) is 31.2 Å². The van der Waals surface area contributed by atoms with E-state index in [4.69, 9.17) is 4.74 Å². The van der Waals surface area contributed by atoms with Crippen LogP contribution in [0.25, 0.3) is 0 Å². The van der Waals surface area contributed by atoms with Crippen molar-refractivity contribution < 1.29 is 4.74 Å². The highest BCUT2D eigenvalue weighted by molar-refractivity contribution is 5.27. The normalized spacial score (nSPS) is 19.0. The molecule has 1 heteroatoms. The van der Waals surface area contributed by atoms with Crippen molar-refractivity contribution in [3.8, 4) is 0 Å². The summed E-state index contributed by atoms with van der Waals surface area (Å²) >= 11 is 0. The van der Waals surface area contributed by atoms with E-state index in [1.807, 2.05) is 0 Å². The highest BCUT2D eigenvalue weighted by Crippen LogP contribution is 2.35. The number of aryl methyl sites for hydroxylation is 1. The molecule has 0 spiro atoms. The van der Waals surface area contributed by atoms with Crippen LogP contribution in [0.3, 0.4) is 0 Å². The maximum absolute atomic E-state index is 5.34. The predicted octanol–water partition coefficient (Wildman–Crippen LogP) is 2.96. The Morgan fingerprint density at radius 1 is 1.29 bits per heavy atom. The molecule has 1 saturated heterocycles. The second kappa shape index (κ2) is 3.74. The van der Waals surface area contributed by atoms with E-state index in [9.17, 15) is 0 Å². The minimum absolute atomic E-state index is 0.437. The van der Waals surface area contributed by atoms with E-state index in [1.54, 1.807) is 0 Å². The van der Waals surface area contributed by atoms with Gasteiger partial charge in [0.05, 0.1) is 13.2 Å². The largest absolute Gasteiger partial charge is 0.380 e. The molecule has 0 atom stereocenters. The van der Waals surface area contributed by atoms with Crippen molar-refractivity contribution in [2.45, 2.75) is 26.7 Å². The summed E-state index contributed by atoms with van der Waals surface area (Å²) in [6.45, 7) is 6.34. The predicted molar refractivity (Wildman–Crippen MR) is 58.4 cm³/mol. The molecule has 0 aromatic heterocycles. The van der Waals surface area contributed by atoms with E-state index in [0.717, 1.165) is 13.2 Å². The fourth-order valence-corrected chi connectivity index (χ4v) is 2.03. The third-order valence-corrected chi connectivity index (χ3v) is 3.39. The van der Waals surface area contributed by atoms with Crippen molar-refractivity contribution in [1.82, 2.24) is 0 Å². The molecule has 1 aliphatic rings. The molecule has 1 aliphatic heterocycles. The van der Waals surface area contributed by atoms with Crippen LogP contribution in [0.1, 0.15) is 24.5 Å². The Balaban J connectivity index is 2.13. The number of ether oxygens (including phenoxy) is 1. The van der Waals surface area contributed by atoms with Crippen LogP contribution in [0.15, 0.2) is 24.3 Å². The zero-order valence-electron chi connectivity index (χ0n) is 9.05. The standard InChI is InChI=1S/C13H18O/c1-3-13(9-14-10-13)8-12-7-5-4-6-11(12)2/h4-7H,3,8-10H2,1-2H3. The minimum atomic E-state index is 0.437. The van der Waals surface area contributed by atoms with Gasteiger partial charge in [0.15, 0.2) is 0 Å². The molecule has 14 heavy (non-hydrogen) atoms. The van der Waals surface area contributed by atoms with Crippen LogP contribution < -0.4 is 0 Å². The Hall–Kier alpha value is -0.820. The van der Waals surface area contributed by atoms with Gasteiger partial charge in [-0.2, -0.15) is 0 Å². The molecule has 0 amide bonds. The molecule has 0 radical (unpaired) electrons. The fraction of sp³-hybridized carbons (Fsp3) is 0.538. The summed E-state index contributed by atoms with van der Waals surface area (Å²) in [5.41, 5.74) is 3.33. The zero-order chi connectivity index (χ0) is 10.0.